The van der Waals surface area contributed by atoms with Gasteiger partial charge >= 0.3 is 5.97 Å². The van der Waals surface area contributed by atoms with Gasteiger partial charge in [-0.1, -0.05) is 0 Å². The second-order valence-corrected chi connectivity index (χ2v) is 9.03. The predicted molar refractivity (Wildman–Crippen MR) is 119 cm³/mol. The van der Waals surface area contributed by atoms with Crippen LogP contribution in [-0.2, 0) is 23.8 Å². The summed E-state index contributed by atoms with van der Waals surface area (Å²) in [6, 6.07) is 0.148. The van der Waals surface area contributed by atoms with Crippen LogP contribution in [0.25, 0.3) is 0 Å². The zero-order valence-electron chi connectivity index (χ0n) is 19.5. The molecule has 2 fully saturated rings. The van der Waals surface area contributed by atoms with Crippen LogP contribution in [0, 0.1) is 17.8 Å². The van der Waals surface area contributed by atoms with Gasteiger partial charge in [-0.25, -0.2) is 0 Å². The number of carbonyl (C=O) groups is 1. The molecule has 4 aliphatic rings. The van der Waals surface area contributed by atoms with E-state index in [0.717, 1.165) is 41.9 Å². The molecule has 0 saturated carbocycles. The van der Waals surface area contributed by atoms with E-state index in [1.807, 2.05) is 13.8 Å². The van der Waals surface area contributed by atoms with Gasteiger partial charge in [-0.3, -0.25) is 15.1 Å². The Hall–Kier alpha value is -2.10. The lowest BCUT2D eigenvalue weighted by Gasteiger charge is -2.31. The van der Waals surface area contributed by atoms with Crippen molar-refractivity contribution < 1.29 is 23.8 Å². The second-order valence-electron chi connectivity index (χ2n) is 9.03. The lowest BCUT2D eigenvalue weighted by atomic mass is 9.76. The van der Waals surface area contributed by atoms with Crippen molar-refractivity contribution in [1.82, 2.24) is 10.8 Å². The summed E-state index contributed by atoms with van der Waals surface area (Å²) in [4.78, 5) is 23.4. The molecule has 32 heavy (non-hydrogen) atoms. The highest BCUT2D eigenvalue weighted by Crippen LogP contribution is 2.45. The number of nitrogens with one attached hydrogen (secondary N) is 2. The SMILES string of the molecule is CCOC(=O)[C@H]1C(N=C(N)C2CCOCC2)N[C@H]2CC(C3=C(C)ON[C@H]3C)=C(OC)C[C@H]21. The molecule has 0 spiro atoms. The van der Waals surface area contributed by atoms with Gasteiger partial charge in [0.05, 0.1) is 37.3 Å². The van der Waals surface area contributed by atoms with Gasteiger partial charge in [-0.2, -0.15) is 0 Å². The molecule has 0 aromatic rings. The summed E-state index contributed by atoms with van der Waals surface area (Å²) in [6.45, 7) is 7.59. The van der Waals surface area contributed by atoms with Crippen molar-refractivity contribution >= 4 is 11.8 Å². The van der Waals surface area contributed by atoms with Gasteiger partial charge in [0.2, 0.25) is 0 Å². The normalized spacial score (nSPS) is 33.9. The van der Waals surface area contributed by atoms with Crippen LogP contribution in [0.1, 0.15) is 46.5 Å². The first-order valence-corrected chi connectivity index (χ1v) is 11.7. The van der Waals surface area contributed by atoms with Crippen LogP contribution in [0.15, 0.2) is 27.7 Å². The topological polar surface area (TPSA) is 116 Å². The Bertz CT molecular complexity index is 817. The summed E-state index contributed by atoms with van der Waals surface area (Å²) in [5.74, 6) is 1.94. The number of allylic oxidation sites excluding steroid dienone is 2. The van der Waals surface area contributed by atoms with E-state index in [9.17, 15) is 4.79 Å². The summed E-state index contributed by atoms with van der Waals surface area (Å²) in [7, 11) is 1.69. The summed E-state index contributed by atoms with van der Waals surface area (Å²) < 4.78 is 16.7. The van der Waals surface area contributed by atoms with Crippen LogP contribution >= 0.6 is 0 Å². The van der Waals surface area contributed by atoms with Gasteiger partial charge in [0, 0.05) is 37.2 Å². The molecule has 1 aliphatic carbocycles. The number of nitrogens with two attached hydrogens (primary N) is 1. The van der Waals surface area contributed by atoms with Gasteiger partial charge in [0.1, 0.15) is 11.9 Å². The van der Waals surface area contributed by atoms with Crippen molar-refractivity contribution in [1.29, 1.82) is 0 Å². The minimum Gasteiger partial charge on any atom is -0.501 e. The quantitative estimate of drug-likeness (QED) is 0.320. The molecule has 1 unspecified atom stereocenters. The molecule has 0 bridgehead atoms. The zero-order valence-corrected chi connectivity index (χ0v) is 19.5. The molecule has 9 heteroatoms. The highest BCUT2D eigenvalue weighted by molar-refractivity contribution is 5.84. The molecule has 5 atom stereocenters. The Balaban J connectivity index is 1.62. The van der Waals surface area contributed by atoms with Crippen molar-refractivity contribution in [2.75, 3.05) is 26.9 Å². The first-order chi connectivity index (χ1) is 15.4. The van der Waals surface area contributed by atoms with Crippen molar-refractivity contribution in [3.63, 3.8) is 0 Å². The molecule has 178 valence electrons. The van der Waals surface area contributed by atoms with Gasteiger partial charge in [-0.15, -0.1) is 5.48 Å². The molecule has 0 radical (unpaired) electrons. The van der Waals surface area contributed by atoms with Crippen LogP contribution < -0.4 is 16.5 Å². The number of hydrogen-bond donors (Lipinski definition) is 3. The van der Waals surface area contributed by atoms with Gasteiger partial charge in [-0.05, 0) is 51.5 Å². The summed E-state index contributed by atoms with van der Waals surface area (Å²) >= 11 is 0. The van der Waals surface area contributed by atoms with E-state index < -0.39 is 12.1 Å². The third-order valence-electron chi connectivity index (χ3n) is 7.14. The average Bonchev–Trinajstić information content (AvgIpc) is 3.31. The number of hydrogen-bond acceptors (Lipinski definition) is 8. The molecule has 9 nitrogen and oxygen atoms in total. The van der Waals surface area contributed by atoms with E-state index in [4.69, 9.17) is 29.8 Å². The zero-order chi connectivity index (χ0) is 22.8. The van der Waals surface area contributed by atoms with Crippen molar-refractivity contribution in [3.05, 3.63) is 22.7 Å². The highest BCUT2D eigenvalue weighted by Gasteiger charge is 2.51. The van der Waals surface area contributed by atoms with Crippen LogP contribution in [-0.4, -0.2) is 57.0 Å². The molecule has 4 N–H and O–H groups in total. The van der Waals surface area contributed by atoms with Gasteiger partial charge in [0.25, 0.3) is 0 Å². The number of aliphatic imine (C=N–C) groups is 1. The third kappa shape index (κ3) is 4.38. The summed E-state index contributed by atoms with van der Waals surface area (Å²) in [5, 5.41) is 3.61. The summed E-state index contributed by atoms with van der Waals surface area (Å²) in [6.07, 6.45) is 2.68. The summed E-state index contributed by atoms with van der Waals surface area (Å²) in [5.41, 5.74) is 11.7. The fourth-order valence-electron chi connectivity index (χ4n) is 5.54. The molecule has 3 aliphatic heterocycles. The molecule has 0 aromatic carbocycles. The second kappa shape index (κ2) is 9.80. The number of rotatable bonds is 6. The van der Waals surface area contributed by atoms with Gasteiger partial charge in [0.15, 0.2) is 0 Å². The Morgan fingerprint density at radius 1 is 1.28 bits per heavy atom. The number of amidine groups is 1. The maximum atomic E-state index is 13.0. The molecule has 0 aromatic heterocycles. The Morgan fingerprint density at radius 3 is 2.66 bits per heavy atom. The number of carbonyl (C=O) groups excluding carboxylic acids is 1. The van der Waals surface area contributed by atoms with Crippen LogP contribution in [0.4, 0.5) is 0 Å². The third-order valence-corrected chi connectivity index (χ3v) is 7.14. The molecule has 4 rings (SSSR count). The molecule has 0 amide bonds. The fourth-order valence-corrected chi connectivity index (χ4v) is 5.54. The molecular formula is C23H36N4O5. The van der Waals surface area contributed by atoms with E-state index in [0.29, 0.717) is 32.1 Å². The van der Waals surface area contributed by atoms with E-state index >= 15 is 0 Å². The van der Waals surface area contributed by atoms with Crippen LogP contribution in [0.3, 0.4) is 0 Å². The number of nitrogens with zero attached hydrogens (tertiary/aromatic N) is 1. The maximum Gasteiger partial charge on any atom is 0.312 e. The van der Waals surface area contributed by atoms with Crippen molar-refractivity contribution in [2.24, 2.45) is 28.5 Å². The van der Waals surface area contributed by atoms with E-state index in [1.165, 1.54) is 0 Å². The van der Waals surface area contributed by atoms with E-state index in [-0.39, 0.29) is 29.9 Å². The van der Waals surface area contributed by atoms with Crippen LogP contribution in [0.2, 0.25) is 0 Å². The number of methoxy groups -OCH3 is 1. The molecular weight excluding hydrogens is 412 g/mol. The first kappa shape index (κ1) is 23.1. The Kier molecular flexibility index (Phi) is 7.07. The smallest absolute Gasteiger partial charge is 0.312 e. The Morgan fingerprint density at radius 2 is 2.03 bits per heavy atom. The first-order valence-electron chi connectivity index (χ1n) is 11.7. The minimum absolute atomic E-state index is 0.0236. The molecule has 2 saturated heterocycles. The predicted octanol–water partition coefficient (Wildman–Crippen LogP) is 1.76. The van der Waals surface area contributed by atoms with Crippen molar-refractivity contribution in [3.8, 4) is 0 Å². The van der Waals surface area contributed by atoms with Crippen molar-refractivity contribution in [2.45, 2.75) is 64.7 Å². The lowest BCUT2D eigenvalue weighted by molar-refractivity contribution is -0.150. The highest BCUT2D eigenvalue weighted by atomic mass is 16.7. The van der Waals surface area contributed by atoms with Gasteiger partial charge < -0.3 is 24.8 Å². The standard InChI is InChI=1S/C23H36N4O5/c1-5-31-23(28)20-15-11-18(29-4)16(19-12(2)27-32-13(19)3)10-17(15)25-22(20)26-21(24)14-6-8-30-9-7-14/h12,14-15,17,20,22,25,27H,5-11H2,1-4H3,(H2,24,26)/t12-,15+,17-,20+,22?/m0/s1. The average molecular weight is 449 g/mol. The largest absolute Gasteiger partial charge is 0.501 e. The fraction of sp³-hybridized carbons (Fsp3) is 0.739. The number of hydroxylamine groups is 1. The Labute approximate surface area is 189 Å². The maximum absolute atomic E-state index is 13.0. The van der Waals surface area contributed by atoms with E-state index in [2.05, 4.69) is 17.7 Å². The van der Waals surface area contributed by atoms with Crippen LogP contribution in [0.5, 0.6) is 0 Å². The lowest BCUT2D eigenvalue weighted by Crippen LogP contribution is -2.38. The number of fused-ring (bicyclic) bond motifs is 1. The van der Waals surface area contributed by atoms with E-state index in [1.54, 1.807) is 7.11 Å². The number of ether oxygens (including phenoxy) is 3. The molecule has 3 heterocycles. The monoisotopic (exact) mass is 448 g/mol. The minimum atomic E-state index is -0.408. The number of esters is 1.